The van der Waals surface area contributed by atoms with Crippen LogP contribution in [0.3, 0.4) is 0 Å². The zero-order valence-corrected chi connectivity index (χ0v) is 13.1. The number of likely N-dealkylation sites (N-methyl/N-ethyl adjacent to an activating group) is 1. The van der Waals surface area contributed by atoms with Crippen molar-refractivity contribution in [2.75, 3.05) is 7.05 Å². The SMILES string of the molecule is CC(C)C1CCCC(C2NC3CCCCC3N2C)C1. The van der Waals surface area contributed by atoms with Crippen LogP contribution < -0.4 is 5.32 Å². The maximum atomic E-state index is 4.00. The van der Waals surface area contributed by atoms with E-state index in [1.54, 1.807) is 0 Å². The molecule has 1 heterocycles. The van der Waals surface area contributed by atoms with E-state index < -0.39 is 0 Å². The zero-order valence-electron chi connectivity index (χ0n) is 13.1. The van der Waals surface area contributed by atoms with Crippen molar-refractivity contribution in [3.63, 3.8) is 0 Å². The van der Waals surface area contributed by atoms with E-state index in [-0.39, 0.29) is 0 Å². The number of nitrogens with zero attached hydrogens (tertiary/aromatic N) is 1. The second kappa shape index (κ2) is 5.73. The lowest BCUT2D eigenvalue weighted by molar-refractivity contribution is 0.104. The molecule has 2 saturated carbocycles. The van der Waals surface area contributed by atoms with E-state index in [0.717, 1.165) is 29.8 Å². The fourth-order valence-electron chi connectivity index (χ4n) is 4.96. The molecule has 110 valence electrons. The molecule has 0 aromatic rings. The average Bonchev–Trinajstić information content (AvgIpc) is 2.77. The Morgan fingerprint density at radius 1 is 1.00 bits per heavy atom. The Labute approximate surface area is 119 Å². The van der Waals surface area contributed by atoms with Gasteiger partial charge in [-0.3, -0.25) is 10.2 Å². The number of hydrogen-bond acceptors (Lipinski definition) is 2. The Bertz CT molecular complexity index is 302. The topological polar surface area (TPSA) is 15.3 Å². The van der Waals surface area contributed by atoms with Crippen molar-refractivity contribution in [3.8, 4) is 0 Å². The lowest BCUT2D eigenvalue weighted by atomic mass is 9.75. The van der Waals surface area contributed by atoms with E-state index in [1.807, 2.05) is 0 Å². The molecule has 1 saturated heterocycles. The van der Waals surface area contributed by atoms with Gasteiger partial charge in [-0.1, -0.05) is 39.5 Å². The molecule has 0 radical (unpaired) electrons. The minimum Gasteiger partial charge on any atom is -0.297 e. The predicted molar refractivity (Wildman–Crippen MR) is 81.0 cm³/mol. The Kier molecular flexibility index (Phi) is 4.19. The first kappa shape index (κ1) is 13.9. The van der Waals surface area contributed by atoms with Crippen LogP contribution in [0.4, 0.5) is 0 Å². The summed E-state index contributed by atoms with van der Waals surface area (Å²) < 4.78 is 0. The Hall–Kier alpha value is -0.0800. The van der Waals surface area contributed by atoms with Crippen molar-refractivity contribution in [2.24, 2.45) is 17.8 Å². The largest absolute Gasteiger partial charge is 0.297 e. The highest BCUT2D eigenvalue weighted by Crippen LogP contribution is 2.39. The highest BCUT2D eigenvalue weighted by Gasteiger charge is 2.43. The first-order valence-electron chi connectivity index (χ1n) is 8.65. The molecular formula is C17H32N2. The lowest BCUT2D eigenvalue weighted by Gasteiger charge is -2.38. The molecule has 5 atom stereocenters. The Balaban J connectivity index is 1.65. The zero-order chi connectivity index (χ0) is 13.4. The minimum atomic E-state index is 0.676. The van der Waals surface area contributed by atoms with Gasteiger partial charge in [0.25, 0.3) is 0 Å². The van der Waals surface area contributed by atoms with Crippen LogP contribution in [0.25, 0.3) is 0 Å². The summed E-state index contributed by atoms with van der Waals surface area (Å²) in [6.07, 6.45) is 12.2. The summed E-state index contributed by atoms with van der Waals surface area (Å²) in [6.45, 7) is 4.83. The molecule has 2 nitrogen and oxygen atoms in total. The van der Waals surface area contributed by atoms with Gasteiger partial charge in [-0.05, 0) is 50.5 Å². The number of nitrogens with one attached hydrogen (secondary N) is 1. The fourth-order valence-corrected chi connectivity index (χ4v) is 4.96. The maximum absolute atomic E-state index is 4.00. The van der Waals surface area contributed by atoms with Gasteiger partial charge in [0.2, 0.25) is 0 Å². The van der Waals surface area contributed by atoms with Crippen LogP contribution in [0.5, 0.6) is 0 Å². The monoisotopic (exact) mass is 264 g/mol. The van der Waals surface area contributed by atoms with Crippen LogP contribution in [0, 0.1) is 17.8 Å². The summed E-state index contributed by atoms with van der Waals surface area (Å²) in [7, 11) is 2.38. The highest BCUT2D eigenvalue weighted by molar-refractivity contribution is 4.99. The van der Waals surface area contributed by atoms with E-state index in [4.69, 9.17) is 0 Å². The van der Waals surface area contributed by atoms with E-state index >= 15 is 0 Å². The summed E-state index contributed by atoms with van der Waals surface area (Å²) >= 11 is 0. The van der Waals surface area contributed by atoms with Crippen molar-refractivity contribution in [3.05, 3.63) is 0 Å². The van der Waals surface area contributed by atoms with Crippen LogP contribution in [0.2, 0.25) is 0 Å². The van der Waals surface area contributed by atoms with Gasteiger partial charge in [0.05, 0.1) is 6.17 Å². The molecule has 5 unspecified atom stereocenters. The first-order chi connectivity index (χ1) is 9.16. The molecule has 0 spiro atoms. The van der Waals surface area contributed by atoms with Crippen molar-refractivity contribution < 1.29 is 0 Å². The van der Waals surface area contributed by atoms with Crippen LogP contribution in [0.15, 0.2) is 0 Å². The third-order valence-corrected chi connectivity index (χ3v) is 6.22. The van der Waals surface area contributed by atoms with Crippen molar-refractivity contribution in [1.29, 1.82) is 0 Å². The average molecular weight is 264 g/mol. The van der Waals surface area contributed by atoms with Crippen LogP contribution >= 0.6 is 0 Å². The molecule has 1 N–H and O–H groups in total. The van der Waals surface area contributed by atoms with Crippen molar-refractivity contribution in [1.82, 2.24) is 10.2 Å². The molecule has 3 rings (SSSR count). The molecule has 19 heavy (non-hydrogen) atoms. The van der Waals surface area contributed by atoms with Crippen molar-refractivity contribution in [2.45, 2.75) is 83.5 Å². The summed E-state index contributed by atoms with van der Waals surface area (Å²) in [6, 6.07) is 1.63. The first-order valence-corrected chi connectivity index (χ1v) is 8.65. The maximum Gasteiger partial charge on any atom is 0.0629 e. The second-order valence-corrected chi connectivity index (χ2v) is 7.67. The smallest absolute Gasteiger partial charge is 0.0629 e. The van der Waals surface area contributed by atoms with Crippen LogP contribution in [-0.4, -0.2) is 30.2 Å². The fraction of sp³-hybridized carbons (Fsp3) is 1.00. The normalized spacial score (nSPS) is 44.5. The number of hydrogen-bond donors (Lipinski definition) is 1. The molecule has 2 heteroatoms. The van der Waals surface area contributed by atoms with Gasteiger partial charge in [-0.25, -0.2) is 0 Å². The molecule has 3 fully saturated rings. The molecule has 0 bridgehead atoms. The lowest BCUT2D eigenvalue weighted by Crippen LogP contribution is -2.44. The number of rotatable bonds is 2. The quantitative estimate of drug-likeness (QED) is 0.819. The van der Waals surface area contributed by atoms with Gasteiger partial charge < -0.3 is 0 Å². The van der Waals surface area contributed by atoms with Gasteiger partial charge in [0.1, 0.15) is 0 Å². The summed E-state index contributed by atoms with van der Waals surface area (Å²) in [5.74, 6) is 2.74. The molecule has 3 aliphatic rings. The molecule has 1 aliphatic heterocycles. The standard InChI is InChI=1S/C17H32N2/c1-12(2)13-7-6-8-14(11-13)17-18-15-9-4-5-10-16(15)19(17)3/h12-18H,4-11H2,1-3H3. The van der Waals surface area contributed by atoms with E-state index in [2.05, 4.69) is 31.1 Å². The predicted octanol–water partition coefficient (Wildman–Crippen LogP) is 3.62. The van der Waals surface area contributed by atoms with Crippen molar-refractivity contribution >= 4 is 0 Å². The van der Waals surface area contributed by atoms with E-state index in [0.29, 0.717) is 6.17 Å². The van der Waals surface area contributed by atoms with Gasteiger partial charge >= 0.3 is 0 Å². The minimum absolute atomic E-state index is 0.676. The number of fused-ring (bicyclic) bond motifs is 1. The molecule has 0 aromatic carbocycles. The molecule has 0 amide bonds. The van der Waals surface area contributed by atoms with Gasteiger partial charge in [0.15, 0.2) is 0 Å². The van der Waals surface area contributed by atoms with Gasteiger partial charge in [-0.2, -0.15) is 0 Å². The van der Waals surface area contributed by atoms with E-state index in [9.17, 15) is 0 Å². The summed E-state index contributed by atoms with van der Waals surface area (Å²) in [4.78, 5) is 2.71. The Morgan fingerprint density at radius 2 is 1.79 bits per heavy atom. The summed E-state index contributed by atoms with van der Waals surface area (Å²) in [5.41, 5.74) is 0. The molecule has 2 aliphatic carbocycles. The van der Waals surface area contributed by atoms with Gasteiger partial charge in [-0.15, -0.1) is 0 Å². The third-order valence-electron chi connectivity index (χ3n) is 6.22. The molecular weight excluding hydrogens is 232 g/mol. The summed E-state index contributed by atoms with van der Waals surface area (Å²) in [5, 5.41) is 4.00. The van der Waals surface area contributed by atoms with Crippen LogP contribution in [0.1, 0.15) is 65.2 Å². The second-order valence-electron chi connectivity index (χ2n) is 7.67. The van der Waals surface area contributed by atoms with E-state index in [1.165, 1.54) is 51.4 Å². The highest BCUT2D eigenvalue weighted by atomic mass is 15.4. The van der Waals surface area contributed by atoms with Gasteiger partial charge in [0, 0.05) is 12.1 Å². The third kappa shape index (κ3) is 2.71. The Morgan fingerprint density at radius 3 is 2.53 bits per heavy atom. The van der Waals surface area contributed by atoms with Crippen LogP contribution in [-0.2, 0) is 0 Å². The molecule has 0 aromatic heterocycles.